The van der Waals surface area contributed by atoms with Gasteiger partial charge in [-0.1, -0.05) is 31.2 Å². The number of benzene rings is 2. The van der Waals surface area contributed by atoms with E-state index in [2.05, 4.69) is 38.0 Å². The fourth-order valence-corrected chi connectivity index (χ4v) is 8.06. The molecule has 3 aromatic rings. The number of likely N-dealkylation sites (tertiary alicyclic amines) is 1. The van der Waals surface area contributed by atoms with Crippen LogP contribution in [0.3, 0.4) is 0 Å². The number of hydrogen-bond donors (Lipinski definition) is 1. The Hall–Kier alpha value is -2.60. The SMILES string of the molecule is CCS(=O)N1Cc2ccc(CN3CCC4(CC3)CN(c3ncnc5ccc(CC(F)(F)F)cc35)C4)cc2CC1CCO. The first-order chi connectivity index (χ1) is 20.1. The van der Waals surface area contributed by atoms with Gasteiger partial charge in [-0.15, -0.1) is 0 Å². The molecule has 2 fully saturated rings. The topological polar surface area (TPSA) is 72.8 Å². The molecule has 2 atom stereocenters. The monoisotopic (exact) mass is 601 g/mol. The Balaban J connectivity index is 1.07. The van der Waals surface area contributed by atoms with Crippen molar-refractivity contribution in [3.8, 4) is 0 Å². The Morgan fingerprint density at radius 1 is 1.05 bits per heavy atom. The van der Waals surface area contributed by atoms with Gasteiger partial charge < -0.3 is 10.0 Å². The third-order valence-corrected chi connectivity index (χ3v) is 10.6. The molecule has 2 unspecified atom stereocenters. The maximum Gasteiger partial charge on any atom is 0.393 e. The zero-order valence-corrected chi connectivity index (χ0v) is 24.8. The fraction of sp³-hybridized carbons (Fsp3) is 0.548. The first-order valence-electron chi connectivity index (χ1n) is 14.8. The van der Waals surface area contributed by atoms with Gasteiger partial charge in [0.25, 0.3) is 0 Å². The molecule has 11 heteroatoms. The van der Waals surface area contributed by atoms with Gasteiger partial charge in [0.1, 0.15) is 12.1 Å². The number of alkyl halides is 3. The molecule has 2 saturated heterocycles. The molecular formula is C31H38F3N5O2S. The summed E-state index contributed by atoms with van der Waals surface area (Å²) in [5, 5.41) is 10.3. The number of aliphatic hydroxyl groups excluding tert-OH is 1. The van der Waals surface area contributed by atoms with Crippen molar-refractivity contribution >= 4 is 27.7 Å². The summed E-state index contributed by atoms with van der Waals surface area (Å²) in [6.07, 6.45) is -0.121. The van der Waals surface area contributed by atoms with Gasteiger partial charge in [0, 0.05) is 55.4 Å². The van der Waals surface area contributed by atoms with Gasteiger partial charge in [0.2, 0.25) is 0 Å². The van der Waals surface area contributed by atoms with Crippen molar-refractivity contribution in [2.24, 2.45) is 5.41 Å². The van der Waals surface area contributed by atoms with E-state index in [1.165, 1.54) is 29.1 Å². The van der Waals surface area contributed by atoms with E-state index in [0.29, 0.717) is 29.6 Å². The first-order valence-corrected chi connectivity index (χ1v) is 16.1. The lowest BCUT2D eigenvalue weighted by atomic mass is 9.72. The highest BCUT2D eigenvalue weighted by Gasteiger charge is 2.45. The molecule has 226 valence electrons. The average molecular weight is 602 g/mol. The van der Waals surface area contributed by atoms with Crippen molar-refractivity contribution in [2.45, 2.75) is 64.3 Å². The van der Waals surface area contributed by atoms with Crippen LogP contribution in [0.15, 0.2) is 42.7 Å². The highest BCUT2D eigenvalue weighted by Crippen LogP contribution is 2.44. The van der Waals surface area contributed by atoms with Crippen LogP contribution in [0.5, 0.6) is 0 Å². The minimum atomic E-state index is -4.25. The fourth-order valence-electron chi connectivity index (χ4n) is 6.93. The third-order valence-electron chi connectivity index (χ3n) is 9.19. The first kappa shape index (κ1) is 29.5. The molecule has 3 aliphatic rings. The Morgan fingerprint density at radius 2 is 1.81 bits per heavy atom. The molecule has 0 amide bonds. The lowest BCUT2D eigenvalue weighted by molar-refractivity contribution is -0.127. The number of halogens is 3. The number of aliphatic hydroxyl groups is 1. The van der Waals surface area contributed by atoms with Gasteiger partial charge in [-0.25, -0.2) is 18.5 Å². The third kappa shape index (κ3) is 6.20. The second-order valence-electron chi connectivity index (χ2n) is 12.1. The number of aromatic nitrogens is 2. The summed E-state index contributed by atoms with van der Waals surface area (Å²) in [4.78, 5) is 13.5. The van der Waals surface area contributed by atoms with E-state index in [0.717, 1.165) is 57.8 Å². The number of rotatable bonds is 8. The molecule has 4 heterocycles. The molecule has 0 radical (unpaired) electrons. The van der Waals surface area contributed by atoms with Crippen molar-refractivity contribution in [3.05, 3.63) is 65.0 Å². The minimum absolute atomic E-state index is 0.0939. The highest BCUT2D eigenvalue weighted by atomic mass is 32.2. The summed E-state index contributed by atoms with van der Waals surface area (Å²) in [6.45, 7) is 7.30. The van der Waals surface area contributed by atoms with E-state index in [-0.39, 0.29) is 23.6 Å². The molecular weight excluding hydrogens is 563 g/mol. The summed E-state index contributed by atoms with van der Waals surface area (Å²) in [6, 6.07) is 11.5. The van der Waals surface area contributed by atoms with E-state index in [9.17, 15) is 22.5 Å². The van der Waals surface area contributed by atoms with Gasteiger partial charge in [-0.3, -0.25) is 4.90 Å². The van der Waals surface area contributed by atoms with Crippen molar-refractivity contribution in [1.82, 2.24) is 19.2 Å². The van der Waals surface area contributed by atoms with Crippen LogP contribution in [0.4, 0.5) is 19.0 Å². The Labute approximate surface area is 247 Å². The molecule has 1 aromatic heterocycles. The Bertz CT molecular complexity index is 1450. The minimum Gasteiger partial charge on any atom is -0.396 e. The Morgan fingerprint density at radius 3 is 2.52 bits per heavy atom. The average Bonchev–Trinajstić information content (AvgIpc) is 2.95. The van der Waals surface area contributed by atoms with Crippen LogP contribution in [0.2, 0.25) is 0 Å². The molecule has 1 spiro atoms. The molecule has 1 N–H and O–H groups in total. The van der Waals surface area contributed by atoms with Crippen molar-refractivity contribution in [2.75, 3.05) is 43.4 Å². The zero-order chi connectivity index (χ0) is 29.5. The van der Waals surface area contributed by atoms with E-state index in [4.69, 9.17) is 0 Å². The second-order valence-corrected chi connectivity index (χ2v) is 13.8. The van der Waals surface area contributed by atoms with E-state index < -0.39 is 23.6 Å². The predicted molar refractivity (Wildman–Crippen MR) is 158 cm³/mol. The van der Waals surface area contributed by atoms with Crippen LogP contribution in [-0.2, 0) is 36.9 Å². The standard InChI is InChI=1S/C31H38F3N5O2S/c1-2-42(41)39-18-24-5-3-23(13-25(24)15-26(39)7-12-40)17-37-10-8-30(9-11-37)19-38(20-30)29-27-14-22(16-31(32,33)34)4-6-28(27)35-21-36-29/h3-6,13-14,21,26,40H,2,7-12,15-20H2,1H3. The van der Waals surface area contributed by atoms with Gasteiger partial charge in [0.15, 0.2) is 0 Å². The second kappa shape index (κ2) is 11.8. The number of anilines is 1. The molecule has 0 saturated carbocycles. The predicted octanol–water partition coefficient (Wildman–Crippen LogP) is 4.63. The molecule has 6 rings (SSSR count). The summed E-state index contributed by atoms with van der Waals surface area (Å²) in [5.41, 5.74) is 4.92. The van der Waals surface area contributed by atoms with Crippen LogP contribution in [0.25, 0.3) is 10.9 Å². The highest BCUT2D eigenvalue weighted by molar-refractivity contribution is 7.82. The van der Waals surface area contributed by atoms with Crippen molar-refractivity contribution in [3.63, 3.8) is 0 Å². The van der Waals surface area contributed by atoms with Crippen LogP contribution >= 0.6 is 0 Å². The normalized spacial score (nSPS) is 21.8. The van der Waals surface area contributed by atoms with Gasteiger partial charge in [0.05, 0.1) is 22.9 Å². The number of fused-ring (bicyclic) bond motifs is 2. The Kier molecular flexibility index (Phi) is 8.30. The van der Waals surface area contributed by atoms with Gasteiger partial charge in [-0.05, 0) is 73.2 Å². The summed E-state index contributed by atoms with van der Waals surface area (Å²) >= 11 is 0. The molecule has 2 aromatic carbocycles. The van der Waals surface area contributed by atoms with E-state index >= 15 is 0 Å². The van der Waals surface area contributed by atoms with Gasteiger partial charge >= 0.3 is 6.18 Å². The van der Waals surface area contributed by atoms with E-state index in [1.54, 1.807) is 12.1 Å². The lowest BCUT2D eigenvalue weighted by Crippen LogP contribution is -2.60. The number of nitrogens with zero attached hydrogens (tertiary/aromatic N) is 5. The zero-order valence-electron chi connectivity index (χ0n) is 23.9. The van der Waals surface area contributed by atoms with Gasteiger partial charge in [-0.2, -0.15) is 13.2 Å². The van der Waals surface area contributed by atoms with Crippen LogP contribution < -0.4 is 4.90 Å². The summed E-state index contributed by atoms with van der Waals surface area (Å²) < 4.78 is 53.6. The smallest absolute Gasteiger partial charge is 0.393 e. The number of piperidine rings is 1. The number of hydrogen-bond acceptors (Lipinski definition) is 6. The summed E-state index contributed by atoms with van der Waals surface area (Å²) in [5.74, 6) is 1.31. The largest absolute Gasteiger partial charge is 0.396 e. The van der Waals surface area contributed by atoms with Crippen LogP contribution in [-0.4, -0.2) is 79.2 Å². The quantitative estimate of drug-likeness (QED) is 0.406. The van der Waals surface area contributed by atoms with Crippen molar-refractivity contribution in [1.29, 1.82) is 0 Å². The maximum absolute atomic E-state index is 13.0. The molecule has 0 bridgehead atoms. The molecule has 7 nitrogen and oxygen atoms in total. The van der Waals surface area contributed by atoms with Crippen LogP contribution in [0.1, 0.15) is 48.4 Å². The van der Waals surface area contributed by atoms with Crippen LogP contribution in [0, 0.1) is 5.41 Å². The molecule has 42 heavy (non-hydrogen) atoms. The maximum atomic E-state index is 13.0. The molecule has 0 aliphatic carbocycles. The van der Waals surface area contributed by atoms with Crippen molar-refractivity contribution < 1.29 is 22.5 Å². The lowest BCUT2D eigenvalue weighted by Gasteiger charge is -2.54. The summed E-state index contributed by atoms with van der Waals surface area (Å²) in [7, 11) is -1.03. The molecule has 3 aliphatic heterocycles. The van der Waals surface area contributed by atoms with E-state index in [1.807, 2.05) is 11.2 Å².